The number of aliphatic hydroxyl groups is 1. The van der Waals surface area contributed by atoms with Gasteiger partial charge in [0.05, 0.1) is 11.5 Å². The lowest BCUT2D eigenvalue weighted by molar-refractivity contribution is 0.0164. The van der Waals surface area contributed by atoms with E-state index in [1.807, 2.05) is 47.8 Å². The van der Waals surface area contributed by atoms with Gasteiger partial charge in [0.25, 0.3) is 0 Å². The van der Waals surface area contributed by atoms with Gasteiger partial charge in [0.15, 0.2) is 0 Å². The van der Waals surface area contributed by atoms with Gasteiger partial charge >= 0.3 is 6.03 Å². The maximum absolute atomic E-state index is 11.9. The quantitative estimate of drug-likeness (QED) is 0.794. The molecule has 110 valence electrons. The van der Waals surface area contributed by atoms with Gasteiger partial charge in [0.2, 0.25) is 0 Å². The van der Waals surface area contributed by atoms with E-state index in [1.165, 1.54) is 11.3 Å². The van der Waals surface area contributed by atoms with Gasteiger partial charge in [0.1, 0.15) is 5.60 Å². The summed E-state index contributed by atoms with van der Waals surface area (Å²) in [5, 5.41) is 19.2. The number of hydrogen-bond acceptors (Lipinski definition) is 3. The van der Waals surface area contributed by atoms with Crippen LogP contribution in [0.15, 0.2) is 47.8 Å². The number of anilines is 1. The van der Waals surface area contributed by atoms with Crippen LogP contribution in [0.2, 0.25) is 0 Å². The maximum Gasteiger partial charge on any atom is 0.319 e. The predicted octanol–water partition coefficient (Wildman–Crippen LogP) is 3.17. The number of carbonyl (C=O) groups excluding carboxylic acids is 1. The van der Waals surface area contributed by atoms with Crippen molar-refractivity contribution in [3.05, 3.63) is 53.4 Å². The number of carbonyl (C=O) groups is 1. The van der Waals surface area contributed by atoms with E-state index in [-0.39, 0.29) is 18.5 Å². The normalized spacial score (nSPS) is 17.0. The Kier molecular flexibility index (Phi) is 3.94. The number of nitrogens with one attached hydrogen (secondary N) is 2. The van der Waals surface area contributed by atoms with Crippen LogP contribution in [-0.2, 0) is 5.60 Å². The topological polar surface area (TPSA) is 61.4 Å². The van der Waals surface area contributed by atoms with Crippen molar-refractivity contribution in [1.29, 1.82) is 0 Å². The molecule has 1 atom stereocenters. The molecule has 1 aromatic heterocycles. The Hall–Kier alpha value is -1.85. The van der Waals surface area contributed by atoms with Crippen molar-refractivity contribution in [3.63, 3.8) is 0 Å². The van der Waals surface area contributed by atoms with Crippen LogP contribution in [0.25, 0.3) is 0 Å². The van der Waals surface area contributed by atoms with E-state index < -0.39 is 5.60 Å². The van der Waals surface area contributed by atoms with Gasteiger partial charge in [-0.3, -0.25) is 5.32 Å². The second kappa shape index (κ2) is 5.87. The first-order valence-corrected chi connectivity index (χ1v) is 7.93. The fourth-order valence-corrected chi connectivity index (χ4v) is 3.10. The summed E-state index contributed by atoms with van der Waals surface area (Å²) in [7, 11) is 0. The number of urea groups is 1. The Morgan fingerprint density at radius 2 is 2.00 bits per heavy atom. The molecule has 4 nitrogen and oxygen atoms in total. The Labute approximate surface area is 127 Å². The van der Waals surface area contributed by atoms with Gasteiger partial charge < -0.3 is 10.4 Å². The van der Waals surface area contributed by atoms with Gasteiger partial charge in [0, 0.05) is 0 Å². The standard InChI is InChI=1S/C16H18N2O2S/c19-15(18-14-7-4-10-21-14)17-11-16(20,13-8-9-13)12-5-2-1-3-6-12/h1-7,10,13,20H,8-9,11H2,(H2,17,18,19)/t16-/m1/s1. The van der Waals surface area contributed by atoms with Crippen LogP contribution in [0.3, 0.4) is 0 Å². The van der Waals surface area contributed by atoms with E-state index in [2.05, 4.69) is 10.6 Å². The number of thiophene rings is 1. The minimum Gasteiger partial charge on any atom is -0.383 e. The summed E-state index contributed by atoms with van der Waals surface area (Å²) in [5.41, 5.74) is -0.113. The fourth-order valence-electron chi connectivity index (χ4n) is 2.49. The molecule has 2 aromatic rings. The second-order valence-corrected chi connectivity index (χ2v) is 6.30. The highest BCUT2D eigenvalue weighted by molar-refractivity contribution is 7.14. The smallest absolute Gasteiger partial charge is 0.319 e. The molecule has 0 spiro atoms. The molecule has 2 amide bonds. The summed E-state index contributed by atoms with van der Waals surface area (Å²) in [4.78, 5) is 11.9. The maximum atomic E-state index is 11.9. The second-order valence-electron chi connectivity index (χ2n) is 5.35. The van der Waals surface area contributed by atoms with Crippen LogP contribution >= 0.6 is 11.3 Å². The monoisotopic (exact) mass is 302 g/mol. The molecule has 3 N–H and O–H groups in total. The summed E-state index contributed by atoms with van der Waals surface area (Å²) < 4.78 is 0. The Morgan fingerprint density at radius 1 is 1.24 bits per heavy atom. The SMILES string of the molecule is O=C(NC[C@@](O)(c1ccccc1)C1CC1)Nc1cccs1. The Bertz CT molecular complexity index is 596. The van der Waals surface area contributed by atoms with Crippen LogP contribution in [0.4, 0.5) is 9.80 Å². The number of amides is 2. The van der Waals surface area contributed by atoms with Crippen molar-refractivity contribution in [2.45, 2.75) is 18.4 Å². The molecule has 0 radical (unpaired) electrons. The highest BCUT2D eigenvalue weighted by Gasteiger charge is 2.45. The largest absolute Gasteiger partial charge is 0.383 e. The predicted molar refractivity (Wildman–Crippen MR) is 84.4 cm³/mol. The molecule has 1 aliphatic carbocycles. The van der Waals surface area contributed by atoms with E-state index in [1.54, 1.807) is 0 Å². The van der Waals surface area contributed by atoms with Crippen molar-refractivity contribution in [2.75, 3.05) is 11.9 Å². The molecule has 1 heterocycles. The third-order valence-corrected chi connectivity index (χ3v) is 4.59. The molecule has 1 saturated carbocycles. The zero-order valence-electron chi connectivity index (χ0n) is 11.6. The average Bonchev–Trinajstić information content (AvgIpc) is 3.25. The summed E-state index contributed by atoms with van der Waals surface area (Å²) in [6.45, 7) is 0.221. The van der Waals surface area contributed by atoms with Gasteiger partial charge in [-0.15, -0.1) is 11.3 Å². The summed E-state index contributed by atoms with van der Waals surface area (Å²) in [6.07, 6.45) is 2.00. The molecule has 1 fully saturated rings. The highest BCUT2D eigenvalue weighted by atomic mass is 32.1. The molecule has 0 saturated heterocycles. The zero-order chi connectivity index (χ0) is 14.7. The van der Waals surface area contributed by atoms with E-state index in [9.17, 15) is 9.90 Å². The van der Waals surface area contributed by atoms with Crippen molar-refractivity contribution >= 4 is 22.4 Å². The first-order valence-electron chi connectivity index (χ1n) is 7.05. The van der Waals surface area contributed by atoms with Crippen molar-refractivity contribution in [1.82, 2.24) is 5.32 Å². The first-order chi connectivity index (χ1) is 10.2. The number of rotatable bonds is 5. The molecule has 21 heavy (non-hydrogen) atoms. The molecule has 0 aliphatic heterocycles. The average molecular weight is 302 g/mol. The lowest BCUT2D eigenvalue weighted by atomic mass is 9.89. The first kappa shape index (κ1) is 14.1. The van der Waals surface area contributed by atoms with Crippen LogP contribution < -0.4 is 10.6 Å². The van der Waals surface area contributed by atoms with Gasteiger partial charge in [-0.1, -0.05) is 30.3 Å². The lowest BCUT2D eigenvalue weighted by Crippen LogP contribution is -2.43. The third kappa shape index (κ3) is 3.25. The molecule has 3 rings (SSSR count). The lowest BCUT2D eigenvalue weighted by Gasteiger charge is -2.29. The van der Waals surface area contributed by atoms with Crippen LogP contribution in [0.1, 0.15) is 18.4 Å². The Balaban J connectivity index is 1.65. The van der Waals surface area contributed by atoms with Crippen molar-refractivity contribution in [3.8, 4) is 0 Å². The van der Waals surface area contributed by atoms with E-state index in [0.29, 0.717) is 0 Å². The molecular weight excluding hydrogens is 284 g/mol. The summed E-state index contributed by atoms with van der Waals surface area (Å²) in [6, 6.07) is 13.0. The van der Waals surface area contributed by atoms with Crippen molar-refractivity contribution in [2.24, 2.45) is 5.92 Å². The third-order valence-electron chi connectivity index (χ3n) is 3.80. The summed E-state index contributed by atoms with van der Waals surface area (Å²) >= 11 is 1.47. The van der Waals surface area contributed by atoms with E-state index in [4.69, 9.17) is 0 Å². The number of hydrogen-bond donors (Lipinski definition) is 3. The van der Waals surface area contributed by atoms with Crippen molar-refractivity contribution < 1.29 is 9.90 Å². The molecular formula is C16H18N2O2S. The Morgan fingerprint density at radius 3 is 2.62 bits per heavy atom. The van der Waals surface area contributed by atoms with Gasteiger partial charge in [-0.2, -0.15) is 0 Å². The fraction of sp³-hybridized carbons (Fsp3) is 0.312. The zero-order valence-corrected chi connectivity index (χ0v) is 12.4. The van der Waals surface area contributed by atoms with Crippen LogP contribution in [-0.4, -0.2) is 17.7 Å². The minimum absolute atomic E-state index is 0.221. The molecule has 1 aromatic carbocycles. The van der Waals surface area contributed by atoms with E-state index in [0.717, 1.165) is 23.4 Å². The van der Waals surface area contributed by atoms with Crippen LogP contribution in [0, 0.1) is 5.92 Å². The number of benzene rings is 1. The highest BCUT2D eigenvalue weighted by Crippen LogP contribution is 2.45. The van der Waals surface area contributed by atoms with Gasteiger partial charge in [-0.05, 0) is 41.8 Å². The molecule has 0 unspecified atom stereocenters. The molecule has 5 heteroatoms. The molecule has 0 bridgehead atoms. The molecule has 1 aliphatic rings. The van der Waals surface area contributed by atoms with E-state index >= 15 is 0 Å². The summed E-state index contributed by atoms with van der Waals surface area (Å²) in [5.74, 6) is 0.224. The van der Waals surface area contributed by atoms with Crippen LogP contribution in [0.5, 0.6) is 0 Å². The minimum atomic E-state index is -0.978. The van der Waals surface area contributed by atoms with Gasteiger partial charge in [-0.25, -0.2) is 4.79 Å².